The Balaban J connectivity index is 2.13. The van der Waals surface area contributed by atoms with Crippen LogP contribution in [-0.2, 0) is 9.53 Å². The quantitative estimate of drug-likeness (QED) is 0.706. The molecule has 0 aliphatic carbocycles. The van der Waals surface area contributed by atoms with Crippen molar-refractivity contribution >= 4 is 17.7 Å². The van der Waals surface area contributed by atoms with Gasteiger partial charge in [-0.2, -0.15) is 4.98 Å². The number of rotatable bonds is 3. The summed E-state index contributed by atoms with van der Waals surface area (Å²) in [5.41, 5.74) is 7.00. The monoisotopic (exact) mass is 276 g/mol. The molecule has 3 heterocycles. The second-order valence-corrected chi connectivity index (χ2v) is 5.00. The molecule has 0 radical (unpaired) electrons. The molecule has 106 valence electrons. The number of anilines is 2. The predicted molar refractivity (Wildman–Crippen MR) is 73.1 cm³/mol. The van der Waals surface area contributed by atoms with Crippen molar-refractivity contribution in [1.29, 1.82) is 0 Å². The first-order chi connectivity index (χ1) is 9.61. The Bertz CT molecular complexity index is 662. The normalized spacial score (nSPS) is 20.2. The summed E-state index contributed by atoms with van der Waals surface area (Å²) in [5, 5.41) is 3.00. The zero-order valence-electron chi connectivity index (χ0n) is 11.2. The van der Waals surface area contributed by atoms with E-state index in [1.165, 1.54) is 0 Å². The number of carbonyl (C=O) groups excluding carboxylic acids is 1. The Morgan fingerprint density at radius 3 is 3.00 bits per heavy atom. The van der Waals surface area contributed by atoms with Gasteiger partial charge >= 0.3 is 5.97 Å². The predicted octanol–water partition coefficient (Wildman–Crippen LogP) is 0.862. The maximum atomic E-state index is 12.2. The summed E-state index contributed by atoms with van der Waals surface area (Å²) in [6.45, 7) is 2.26. The Morgan fingerprint density at radius 1 is 1.45 bits per heavy atom. The molecular formula is C13H16N4O3. The van der Waals surface area contributed by atoms with Gasteiger partial charge in [0.05, 0.1) is 16.8 Å². The van der Waals surface area contributed by atoms with E-state index in [0.29, 0.717) is 29.1 Å². The average Bonchev–Trinajstić information content (AvgIpc) is 2.76. The number of fused-ring (bicyclic) bond motifs is 1. The minimum Gasteiger partial charge on any atom is -0.456 e. The van der Waals surface area contributed by atoms with E-state index in [1.54, 1.807) is 0 Å². The molecule has 2 aliphatic rings. The first-order valence-electron chi connectivity index (χ1n) is 6.68. The minimum atomic E-state index is -0.351. The zero-order valence-corrected chi connectivity index (χ0v) is 11.2. The molecule has 0 bridgehead atoms. The molecule has 0 saturated heterocycles. The highest BCUT2D eigenvalue weighted by atomic mass is 16.5. The number of nitrogen functional groups attached to an aromatic ring is 1. The van der Waals surface area contributed by atoms with Crippen LogP contribution < -0.4 is 16.6 Å². The molecule has 3 rings (SSSR count). The lowest BCUT2D eigenvalue weighted by atomic mass is 9.84. The van der Waals surface area contributed by atoms with E-state index >= 15 is 0 Å². The molecule has 4 N–H and O–H groups in total. The number of ether oxygens (including phenoxy) is 1. The molecule has 1 aromatic heterocycles. The van der Waals surface area contributed by atoms with Crippen molar-refractivity contribution in [2.24, 2.45) is 0 Å². The van der Waals surface area contributed by atoms with E-state index in [2.05, 4.69) is 22.2 Å². The van der Waals surface area contributed by atoms with Gasteiger partial charge in [-0.1, -0.05) is 19.8 Å². The minimum absolute atomic E-state index is 0.0600. The highest BCUT2D eigenvalue weighted by Gasteiger charge is 2.39. The summed E-state index contributed by atoms with van der Waals surface area (Å²) in [6, 6.07) is 0. The van der Waals surface area contributed by atoms with Gasteiger partial charge in [-0.25, -0.2) is 4.79 Å². The smallest absolute Gasteiger partial charge is 0.336 e. The molecule has 1 aromatic rings. The van der Waals surface area contributed by atoms with Crippen LogP contribution in [0.1, 0.15) is 37.7 Å². The Kier molecular flexibility index (Phi) is 2.96. The van der Waals surface area contributed by atoms with E-state index in [0.717, 1.165) is 12.8 Å². The Morgan fingerprint density at radius 2 is 2.25 bits per heavy atom. The van der Waals surface area contributed by atoms with Gasteiger partial charge < -0.3 is 15.8 Å². The lowest BCUT2D eigenvalue weighted by molar-refractivity contribution is -0.136. The molecule has 20 heavy (non-hydrogen) atoms. The largest absolute Gasteiger partial charge is 0.456 e. The summed E-state index contributed by atoms with van der Waals surface area (Å²) in [7, 11) is 0. The molecule has 0 aromatic carbocycles. The fraction of sp³-hybridized carbons (Fsp3) is 0.462. The van der Waals surface area contributed by atoms with Gasteiger partial charge in [0.2, 0.25) is 5.95 Å². The molecule has 1 unspecified atom stereocenters. The maximum absolute atomic E-state index is 12.2. The van der Waals surface area contributed by atoms with Crippen molar-refractivity contribution in [3.8, 4) is 0 Å². The number of nitrogens with two attached hydrogens (primary N) is 1. The van der Waals surface area contributed by atoms with Gasteiger partial charge in [0.15, 0.2) is 0 Å². The van der Waals surface area contributed by atoms with Crippen LogP contribution in [0.2, 0.25) is 0 Å². The van der Waals surface area contributed by atoms with Gasteiger partial charge in [0.1, 0.15) is 12.4 Å². The van der Waals surface area contributed by atoms with Crippen LogP contribution in [0.25, 0.3) is 0 Å². The second-order valence-electron chi connectivity index (χ2n) is 5.00. The molecule has 0 amide bonds. The molecule has 2 aliphatic heterocycles. The Labute approximate surface area is 115 Å². The number of cyclic esters (lactones) is 1. The lowest BCUT2D eigenvalue weighted by Gasteiger charge is -2.24. The molecule has 7 heteroatoms. The van der Waals surface area contributed by atoms with Gasteiger partial charge in [-0.15, -0.1) is 0 Å². The standard InChI is InChI=1S/C13H16N4O3/c1-2-3-4-6-8-7(5-20-12(8)19)15-10-9(6)11(18)17-13(14)16-10/h6H,2-5H2,1H3,(H4,14,15,16,17,18). The SMILES string of the molecule is CCCCC1C2=C(COC2=O)Nc2nc(N)[nH]c(=O)c21. The van der Waals surface area contributed by atoms with Crippen LogP contribution in [0.3, 0.4) is 0 Å². The molecule has 7 nitrogen and oxygen atoms in total. The second kappa shape index (κ2) is 4.66. The third-order valence-electron chi connectivity index (χ3n) is 3.68. The first-order valence-corrected chi connectivity index (χ1v) is 6.68. The van der Waals surface area contributed by atoms with Crippen molar-refractivity contribution < 1.29 is 9.53 Å². The zero-order chi connectivity index (χ0) is 14.3. The first kappa shape index (κ1) is 12.7. The van der Waals surface area contributed by atoms with Crippen LogP contribution in [0.5, 0.6) is 0 Å². The number of aromatic amines is 1. The van der Waals surface area contributed by atoms with Crippen LogP contribution in [-0.4, -0.2) is 22.5 Å². The number of aromatic nitrogens is 2. The van der Waals surface area contributed by atoms with Crippen molar-refractivity contribution in [3.63, 3.8) is 0 Å². The number of esters is 1. The van der Waals surface area contributed by atoms with Gasteiger partial charge in [0, 0.05) is 5.92 Å². The van der Waals surface area contributed by atoms with E-state index < -0.39 is 0 Å². The number of nitrogens with one attached hydrogen (secondary N) is 2. The van der Waals surface area contributed by atoms with Crippen molar-refractivity contribution in [3.05, 3.63) is 27.2 Å². The van der Waals surface area contributed by atoms with Crippen LogP contribution in [0, 0.1) is 0 Å². The Hall–Kier alpha value is -2.31. The highest BCUT2D eigenvalue weighted by Crippen LogP contribution is 2.40. The summed E-state index contributed by atoms with van der Waals surface area (Å²) in [6.07, 6.45) is 2.61. The van der Waals surface area contributed by atoms with Crippen LogP contribution in [0.4, 0.5) is 11.8 Å². The van der Waals surface area contributed by atoms with Gasteiger partial charge in [0.25, 0.3) is 5.56 Å². The number of unbranched alkanes of at least 4 members (excludes halogenated alkanes) is 1. The molecule has 0 fully saturated rings. The third-order valence-corrected chi connectivity index (χ3v) is 3.68. The highest BCUT2D eigenvalue weighted by molar-refractivity contribution is 5.95. The number of carbonyl (C=O) groups is 1. The number of hydrogen-bond acceptors (Lipinski definition) is 6. The summed E-state index contributed by atoms with van der Waals surface area (Å²) >= 11 is 0. The summed E-state index contributed by atoms with van der Waals surface area (Å²) in [5.74, 6) is -0.127. The third kappa shape index (κ3) is 1.86. The molecule has 0 saturated carbocycles. The summed E-state index contributed by atoms with van der Waals surface area (Å²) < 4.78 is 5.06. The van der Waals surface area contributed by atoms with Crippen molar-refractivity contribution in [1.82, 2.24) is 9.97 Å². The van der Waals surface area contributed by atoms with Crippen LogP contribution in [0.15, 0.2) is 16.1 Å². The van der Waals surface area contributed by atoms with Crippen molar-refractivity contribution in [2.75, 3.05) is 17.7 Å². The van der Waals surface area contributed by atoms with Crippen LogP contribution >= 0.6 is 0 Å². The van der Waals surface area contributed by atoms with E-state index in [1.807, 2.05) is 0 Å². The fourth-order valence-electron chi connectivity index (χ4n) is 2.77. The fourth-order valence-corrected chi connectivity index (χ4v) is 2.77. The number of nitrogens with zero attached hydrogens (tertiary/aromatic N) is 1. The number of hydrogen-bond donors (Lipinski definition) is 3. The lowest BCUT2D eigenvalue weighted by Crippen LogP contribution is -2.28. The van der Waals surface area contributed by atoms with Crippen molar-refractivity contribution in [2.45, 2.75) is 32.1 Å². The molecule has 0 spiro atoms. The number of H-pyrrole nitrogens is 1. The van der Waals surface area contributed by atoms with E-state index in [9.17, 15) is 9.59 Å². The van der Waals surface area contributed by atoms with E-state index in [-0.39, 0.29) is 30.0 Å². The van der Waals surface area contributed by atoms with Gasteiger partial charge in [-0.05, 0) is 6.42 Å². The maximum Gasteiger partial charge on any atom is 0.336 e. The molecular weight excluding hydrogens is 260 g/mol. The van der Waals surface area contributed by atoms with Gasteiger partial charge in [-0.3, -0.25) is 9.78 Å². The average molecular weight is 276 g/mol. The summed E-state index contributed by atoms with van der Waals surface area (Å²) in [4.78, 5) is 30.7. The topological polar surface area (TPSA) is 110 Å². The van der Waals surface area contributed by atoms with E-state index in [4.69, 9.17) is 10.5 Å². The molecule has 1 atom stereocenters.